The largest absolute Gasteiger partial charge is 0.497 e. The molecule has 0 spiro atoms. The van der Waals surface area contributed by atoms with Crippen LogP contribution in [0.5, 0.6) is 17.2 Å². The number of nitriles is 1. The Kier molecular flexibility index (Phi) is 3.47. The Morgan fingerprint density at radius 2 is 1.88 bits per heavy atom. The highest BCUT2D eigenvalue weighted by Crippen LogP contribution is 2.36. The van der Waals surface area contributed by atoms with Gasteiger partial charge in [-0.25, -0.2) is 4.98 Å². The van der Waals surface area contributed by atoms with Crippen molar-refractivity contribution in [1.82, 2.24) is 9.55 Å². The molecule has 0 saturated carbocycles. The van der Waals surface area contributed by atoms with Crippen molar-refractivity contribution < 1.29 is 14.2 Å². The summed E-state index contributed by atoms with van der Waals surface area (Å²) in [5.74, 6) is 2.89. The molecule has 0 N–H and O–H groups in total. The number of imidazole rings is 1. The molecular weight excluding hydrogens is 306 g/mol. The average Bonchev–Trinajstić information content (AvgIpc) is 2.98. The minimum absolute atomic E-state index is 0.206. The fourth-order valence-corrected chi connectivity index (χ4v) is 2.85. The van der Waals surface area contributed by atoms with Crippen LogP contribution in [0.1, 0.15) is 0 Å². The van der Waals surface area contributed by atoms with E-state index in [-0.39, 0.29) is 6.54 Å². The summed E-state index contributed by atoms with van der Waals surface area (Å²) in [5.41, 5.74) is 2.55. The molecule has 2 aromatic carbocycles. The molecule has 6 nitrogen and oxygen atoms in total. The standard InChI is InChI=1S/C18H15N3O3/c1-22-13-4-2-12(3-5-13)18-20-14-10-16-17(24-9-8-23-16)11-15(14)21(18)7-6-19/h2-5,10-11H,7-9H2,1H3. The van der Waals surface area contributed by atoms with E-state index in [4.69, 9.17) is 19.2 Å². The van der Waals surface area contributed by atoms with Crippen LogP contribution in [0.4, 0.5) is 0 Å². The molecule has 120 valence electrons. The summed E-state index contributed by atoms with van der Waals surface area (Å²) in [4.78, 5) is 4.70. The van der Waals surface area contributed by atoms with Gasteiger partial charge in [0.15, 0.2) is 11.5 Å². The number of nitrogens with zero attached hydrogens (tertiary/aromatic N) is 3. The van der Waals surface area contributed by atoms with Gasteiger partial charge in [0, 0.05) is 17.7 Å². The first-order chi connectivity index (χ1) is 11.8. The maximum atomic E-state index is 9.21. The summed E-state index contributed by atoms with van der Waals surface area (Å²) in [5, 5.41) is 9.21. The molecule has 0 saturated heterocycles. The fraction of sp³-hybridized carbons (Fsp3) is 0.222. The third-order valence-electron chi connectivity index (χ3n) is 3.99. The second-order valence-electron chi connectivity index (χ2n) is 5.39. The highest BCUT2D eigenvalue weighted by atomic mass is 16.6. The van der Waals surface area contributed by atoms with Crippen molar-refractivity contribution in [2.45, 2.75) is 6.54 Å². The molecule has 6 heteroatoms. The average molecular weight is 321 g/mol. The van der Waals surface area contributed by atoms with Crippen molar-refractivity contribution >= 4 is 11.0 Å². The Balaban J connectivity index is 1.90. The van der Waals surface area contributed by atoms with Crippen molar-refractivity contribution in [1.29, 1.82) is 5.26 Å². The highest BCUT2D eigenvalue weighted by Gasteiger charge is 2.18. The molecule has 1 aliphatic heterocycles. The van der Waals surface area contributed by atoms with Gasteiger partial charge in [0.05, 0.1) is 24.2 Å². The molecule has 0 atom stereocenters. The van der Waals surface area contributed by atoms with Crippen LogP contribution in [0.3, 0.4) is 0 Å². The number of fused-ring (bicyclic) bond motifs is 2. The molecule has 2 heterocycles. The van der Waals surface area contributed by atoms with Gasteiger partial charge in [0.2, 0.25) is 0 Å². The summed E-state index contributed by atoms with van der Waals surface area (Å²) >= 11 is 0. The lowest BCUT2D eigenvalue weighted by atomic mass is 10.2. The maximum absolute atomic E-state index is 9.21. The van der Waals surface area contributed by atoms with Gasteiger partial charge in [0.25, 0.3) is 0 Å². The van der Waals surface area contributed by atoms with Crippen LogP contribution in [0.2, 0.25) is 0 Å². The van der Waals surface area contributed by atoms with Gasteiger partial charge in [-0.2, -0.15) is 5.26 Å². The van der Waals surface area contributed by atoms with E-state index in [1.54, 1.807) is 7.11 Å². The topological polar surface area (TPSA) is 69.3 Å². The van der Waals surface area contributed by atoms with Gasteiger partial charge < -0.3 is 18.8 Å². The molecule has 0 radical (unpaired) electrons. The van der Waals surface area contributed by atoms with E-state index >= 15 is 0 Å². The monoisotopic (exact) mass is 321 g/mol. The zero-order valence-corrected chi connectivity index (χ0v) is 13.2. The summed E-state index contributed by atoms with van der Waals surface area (Å²) in [6.07, 6.45) is 0. The van der Waals surface area contributed by atoms with E-state index in [1.807, 2.05) is 41.0 Å². The number of hydrogen-bond acceptors (Lipinski definition) is 5. The molecule has 0 unspecified atom stereocenters. The molecule has 0 bridgehead atoms. The van der Waals surface area contributed by atoms with E-state index in [0.29, 0.717) is 24.7 Å². The lowest BCUT2D eigenvalue weighted by Gasteiger charge is -2.18. The van der Waals surface area contributed by atoms with Crippen molar-refractivity contribution in [3.05, 3.63) is 36.4 Å². The highest BCUT2D eigenvalue weighted by molar-refractivity contribution is 5.84. The Labute approximate surface area is 138 Å². The molecule has 1 aliphatic rings. The molecule has 24 heavy (non-hydrogen) atoms. The summed E-state index contributed by atoms with van der Waals surface area (Å²) in [6, 6.07) is 13.6. The van der Waals surface area contributed by atoms with Gasteiger partial charge >= 0.3 is 0 Å². The lowest BCUT2D eigenvalue weighted by Crippen LogP contribution is -2.15. The van der Waals surface area contributed by atoms with Crippen LogP contribution in [-0.4, -0.2) is 29.9 Å². The van der Waals surface area contributed by atoms with Crippen molar-refractivity contribution in [2.75, 3.05) is 20.3 Å². The summed E-state index contributed by atoms with van der Waals surface area (Å²) < 4.78 is 18.3. The number of rotatable bonds is 3. The zero-order valence-electron chi connectivity index (χ0n) is 13.2. The zero-order chi connectivity index (χ0) is 16.5. The van der Waals surface area contributed by atoms with Gasteiger partial charge in [0.1, 0.15) is 31.3 Å². The van der Waals surface area contributed by atoms with Crippen molar-refractivity contribution in [3.8, 4) is 34.7 Å². The Morgan fingerprint density at radius 3 is 2.54 bits per heavy atom. The van der Waals surface area contributed by atoms with Crippen LogP contribution >= 0.6 is 0 Å². The maximum Gasteiger partial charge on any atom is 0.163 e. The first-order valence-electron chi connectivity index (χ1n) is 7.61. The summed E-state index contributed by atoms with van der Waals surface area (Å²) in [7, 11) is 1.63. The van der Waals surface area contributed by atoms with Crippen LogP contribution in [0.15, 0.2) is 36.4 Å². The number of aromatic nitrogens is 2. The van der Waals surface area contributed by atoms with Crippen LogP contribution in [-0.2, 0) is 6.54 Å². The number of hydrogen-bond donors (Lipinski definition) is 0. The smallest absolute Gasteiger partial charge is 0.163 e. The predicted molar refractivity (Wildman–Crippen MR) is 88.3 cm³/mol. The van der Waals surface area contributed by atoms with Crippen LogP contribution in [0, 0.1) is 11.3 Å². The molecule has 3 aromatic rings. The minimum Gasteiger partial charge on any atom is -0.497 e. The molecule has 0 fully saturated rings. The molecule has 4 rings (SSSR count). The number of ether oxygens (including phenoxy) is 3. The fourth-order valence-electron chi connectivity index (χ4n) is 2.85. The molecular formula is C18H15N3O3. The van der Waals surface area contributed by atoms with Crippen LogP contribution in [0.25, 0.3) is 22.4 Å². The SMILES string of the molecule is COc1ccc(-c2nc3cc4c(cc3n2CC#N)OCCO4)cc1. The Bertz CT molecular complexity index is 939. The second-order valence-corrected chi connectivity index (χ2v) is 5.39. The minimum atomic E-state index is 0.206. The number of benzene rings is 2. The first kappa shape index (κ1) is 14.4. The Hall–Kier alpha value is -3.20. The van der Waals surface area contributed by atoms with Crippen molar-refractivity contribution in [2.24, 2.45) is 0 Å². The van der Waals surface area contributed by atoms with E-state index < -0.39 is 0 Å². The molecule has 0 aliphatic carbocycles. The molecule has 0 amide bonds. The van der Waals surface area contributed by atoms with E-state index in [2.05, 4.69) is 6.07 Å². The van der Waals surface area contributed by atoms with Gasteiger partial charge in [-0.3, -0.25) is 0 Å². The first-order valence-corrected chi connectivity index (χ1v) is 7.61. The lowest BCUT2D eigenvalue weighted by molar-refractivity contribution is 0.172. The predicted octanol–water partition coefficient (Wildman–Crippen LogP) is 3.01. The Morgan fingerprint density at radius 1 is 1.17 bits per heavy atom. The van der Waals surface area contributed by atoms with Crippen molar-refractivity contribution in [3.63, 3.8) is 0 Å². The third-order valence-corrected chi connectivity index (χ3v) is 3.99. The van der Waals surface area contributed by atoms with E-state index in [0.717, 1.165) is 28.2 Å². The normalized spacial score (nSPS) is 12.8. The second kappa shape index (κ2) is 5.78. The third kappa shape index (κ3) is 2.31. The number of methoxy groups -OCH3 is 1. The van der Waals surface area contributed by atoms with Gasteiger partial charge in [-0.05, 0) is 24.3 Å². The van der Waals surface area contributed by atoms with E-state index in [9.17, 15) is 5.26 Å². The van der Waals surface area contributed by atoms with E-state index in [1.165, 1.54) is 0 Å². The van der Waals surface area contributed by atoms with Crippen LogP contribution < -0.4 is 14.2 Å². The van der Waals surface area contributed by atoms with Gasteiger partial charge in [-0.1, -0.05) is 0 Å². The summed E-state index contributed by atoms with van der Waals surface area (Å²) in [6.45, 7) is 1.26. The van der Waals surface area contributed by atoms with Gasteiger partial charge in [-0.15, -0.1) is 0 Å². The quantitative estimate of drug-likeness (QED) is 0.741. The molecule has 1 aromatic heterocycles.